The molecule has 0 saturated carbocycles. The zero-order chi connectivity index (χ0) is 31.0. The van der Waals surface area contributed by atoms with Crippen LogP contribution in [0.2, 0.25) is 6.32 Å². The van der Waals surface area contributed by atoms with E-state index in [0.29, 0.717) is 0 Å². The number of hydrogen-bond acceptors (Lipinski definition) is 0. The molecule has 0 heterocycles. The van der Waals surface area contributed by atoms with Crippen LogP contribution in [-0.4, -0.2) is 36.8 Å². The van der Waals surface area contributed by atoms with Crippen molar-refractivity contribution in [2.75, 3.05) is 26.2 Å². The molecule has 0 bridgehead atoms. The van der Waals surface area contributed by atoms with E-state index in [4.69, 9.17) is 0 Å². The van der Waals surface area contributed by atoms with E-state index in [-0.39, 0.29) is 0 Å². The van der Waals surface area contributed by atoms with Crippen LogP contribution in [0.1, 0.15) is 47.5 Å². The fraction of sp³-hybridized carbons (Fsp3) is 0.286. The number of benzene rings is 6. The Morgan fingerprint density at radius 2 is 0.727 bits per heavy atom. The van der Waals surface area contributed by atoms with E-state index in [1.807, 2.05) is 0 Å². The van der Waals surface area contributed by atoms with Crippen molar-refractivity contribution in [2.24, 2.45) is 0 Å². The van der Waals surface area contributed by atoms with Crippen LogP contribution in [0.3, 0.4) is 0 Å². The number of fused-ring (bicyclic) bond motifs is 3. The normalized spacial score (nSPS) is 11.9. The van der Waals surface area contributed by atoms with Crippen molar-refractivity contribution in [1.82, 2.24) is 0 Å². The fourth-order valence-corrected chi connectivity index (χ4v) is 7.86. The first-order valence-corrected chi connectivity index (χ1v) is 17.0. The molecule has 0 atom stereocenters. The van der Waals surface area contributed by atoms with E-state index in [1.54, 1.807) is 0 Å². The van der Waals surface area contributed by atoms with Crippen molar-refractivity contribution in [3.63, 3.8) is 0 Å². The Hall–Kier alpha value is -3.88. The van der Waals surface area contributed by atoms with Gasteiger partial charge in [-0.25, -0.2) is 0 Å². The van der Waals surface area contributed by atoms with Crippen LogP contribution >= 0.6 is 0 Å². The molecule has 0 unspecified atom stereocenters. The molecule has 44 heavy (non-hydrogen) atoms. The second-order valence-electron chi connectivity index (χ2n) is 12.5. The quantitative estimate of drug-likeness (QED) is 0.112. The summed E-state index contributed by atoms with van der Waals surface area (Å²) in [6.45, 7) is 16.5. The van der Waals surface area contributed by atoms with Gasteiger partial charge in [0.15, 0.2) is 0 Å². The molecular weight excluding hydrogens is 529 g/mol. The molecule has 0 spiro atoms. The van der Waals surface area contributed by atoms with Crippen molar-refractivity contribution >= 4 is 54.9 Å². The van der Waals surface area contributed by atoms with Crippen LogP contribution in [0.4, 0.5) is 0 Å². The summed E-state index contributed by atoms with van der Waals surface area (Å²) in [6.07, 6.45) is 2.21. The smallest absolute Gasteiger partial charge is 0.0837 e. The Morgan fingerprint density at radius 1 is 0.409 bits per heavy atom. The minimum atomic E-state index is -1.25. The third-order valence-electron chi connectivity index (χ3n) is 10.7. The number of hydrogen-bond donors (Lipinski definition) is 0. The fourth-order valence-electron chi connectivity index (χ4n) is 7.86. The van der Waals surface area contributed by atoms with Crippen molar-refractivity contribution in [1.29, 1.82) is 0 Å². The van der Waals surface area contributed by atoms with Crippen LogP contribution in [-0.2, 0) is 0 Å². The maximum atomic E-state index is 2.40. The van der Waals surface area contributed by atoms with Crippen LogP contribution < -0.4 is 16.4 Å². The standard InChI is InChI=1S/C34H30B.C8H20N/c1-2-3-25-35(32-22-10-16-26-13-4-7-19-29(26)32,33-23-11-17-27-14-5-8-20-30(27)33)34-24-12-18-28-15-6-9-21-31(28)34;1-5-9(6-2,7-3)8-4/h4-24H,2-3,25H2,1H3;5-8H2,1-4H3/q-1;+1. The van der Waals surface area contributed by atoms with Crippen molar-refractivity contribution in [3.8, 4) is 0 Å². The third kappa shape index (κ3) is 5.93. The van der Waals surface area contributed by atoms with Crippen LogP contribution in [0.15, 0.2) is 127 Å². The molecule has 0 aromatic heterocycles. The Bertz CT molecular complexity index is 1590. The second-order valence-corrected chi connectivity index (χ2v) is 12.5. The summed E-state index contributed by atoms with van der Waals surface area (Å²) >= 11 is 0. The molecule has 1 nitrogen and oxygen atoms in total. The van der Waals surface area contributed by atoms with Crippen LogP contribution in [0.5, 0.6) is 0 Å². The van der Waals surface area contributed by atoms with Gasteiger partial charge in [-0.3, -0.25) is 0 Å². The molecule has 0 aliphatic rings. The number of quaternary nitrogens is 1. The molecule has 0 N–H and O–H groups in total. The summed E-state index contributed by atoms with van der Waals surface area (Å²) in [4.78, 5) is 0. The minimum Gasteiger partial charge on any atom is -0.325 e. The predicted octanol–water partition coefficient (Wildman–Crippen LogP) is 9.30. The Labute approximate surface area is 266 Å². The molecular formula is C42H50BN. The van der Waals surface area contributed by atoms with E-state index in [1.165, 1.54) is 92.2 Å². The predicted molar refractivity (Wildman–Crippen MR) is 199 cm³/mol. The van der Waals surface area contributed by atoms with Gasteiger partial charge in [0.1, 0.15) is 0 Å². The highest BCUT2D eigenvalue weighted by Crippen LogP contribution is 2.27. The van der Waals surface area contributed by atoms with Gasteiger partial charge < -0.3 is 4.48 Å². The summed E-state index contributed by atoms with van der Waals surface area (Å²) in [5.41, 5.74) is 4.39. The number of nitrogens with zero attached hydrogens (tertiary/aromatic N) is 1. The second kappa shape index (κ2) is 14.3. The summed E-state index contributed by atoms with van der Waals surface area (Å²) < 4.78 is 1.28. The molecule has 0 aliphatic carbocycles. The lowest BCUT2D eigenvalue weighted by Crippen LogP contribution is -2.67. The van der Waals surface area contributed by atoms with Crippen LogP contribution in [0, 0.1) is 0 Å². The Morgan fingerprint density at radius 3 is 1.02 bits per heavy atom. The summed E-state index contributed by atoms with van der Waals surface area (Å²) in [6, 6.07) is 47.5. The topological polar surface area (TPSA) is 0 Å². The maximum absolute atomic E-state index is 2.40. The highest BCUT2D eigenvalue weighted by Gasteiger charge is 2.33. The molecule has 226 valence electrons. The van der Waals surface area contributed by atoms with E-state index in [2.05, 4.69) is 162 Å². The molecule has 0 fully saturated rings. The summed E-state index contributed by atoms with van der Waals surface area (Å²) in [5, 5.41) is 8.04. The average Bonchev–Trinajstić information content (AvgIpc) is 3.10. The zero-order valence-electron chi connectivity index (χ0n) is 27.6. The largest absolute Gasteiger partial charge is 0.325 e. The van der Waals surface area contributed by atoms with E-state index in [0.717, 1.165) is 6.32 Å². The van der Waals surface area contributed by atoms with Gasteiger partial charge in [-0.2, -0.15) is 22.7 Å². The highest BCUT2D eigenvalue weighted by atomic mass is 15.3. The lowest BCUT2D eigenvalue weighted by Gasteiger charge is -2.45. The van der Waals surface area contributed by atoms with Gasteiger partial charge >= 0.3 is 0 Å². The van der Waals surface area contributed by atoms with Crippen LogP contribution in [0.25, 0.3) is 32.3 Å². The Balaban J connectivity index is 0.000000374. The monoisotopic (exact) mass is 579 g/mol. The first-order chi connectivity index (χ1) is 21.6. The van der Waals surface area contributed by atoms with Gasteiger partial charge in [-0.1, -0.05) is 163 Å². The third-order valence-corrected chi connectivity index (χ3v) is 10.7. The first kappa shape index (κ1) is 31.5. The van der Waals surface area contributed by atoms with Gasteiger partial charge in [-0.15, -0.1) is 0 Å². The van der Waals surface area contributed by atoms with Gasteiger partial charge in [0.2, 0.25) is 0 Å². The van der Waals surface area contributed by atoms with E-state index in [9.17, 15) is 0 Å². The molecule has 0 radical (unpaired) electrons. The molecule has 6 aromatic rings. The van der Waals surface area contributed by atoms with Gasteiger partial charge in [0, 0.05) is 0 Å². The van der Waals surface area contributed by atoms with E-state index >= 15 is 0 Å². The minimum absolute atomic E-state index is 1.12. The molecule has 2 heteroatoms. The molecule has 0 saturated heterocycles. The van der Waals surface area contributed by atoms with Crippen molar-refractivity contribution < 1.29 is 4.48 Å². The SMILES string of the molecule is CCCC[B-](c1cccc2ccccc12)(c1cccc2ccccc12)c1cccc2ccccc12.CC[N+](CC)(CC)CC. The average molecular weight is 580 g/mol. The molecule has 6 rings (SSSR count). The van der Waals surface area contributed by atoms with E-state index < -0.39 is 6.15 Å². The lowest BCUT2D eigenvalue weighted by atomic mass is 9.13. The Kier molecular flexibility index (Phi) is 10.2. The first-order valence-electron chi connectivity index (χ1n) is 17.0. The number of unbranched alkanes of at least 4 members (excludes halogenated alkanes) is 1. The molecule has 0 amide bonds. The maximum Gasteiger partial charge on any atom is 0.0837 e. The zero-order valence-corrected chi connectivity index (χ0v) is 27.6. The summed E-state index contributed by atoms with van der Waals surface area (Å²) in [7, 11) is 0. The van der Waals surface area contributed by atoms with Crippen molar-refractivity contribution in [3.05, 3.63) is 127 Å². The molecule has 0 aliphatic heterocycles. The van der Waals surface area contributed by atoms with Gasteiger partial charge in [0.25, 0.3) is 0 Å². The van der Waals surface area contributed by atoms with Crippen molar-refractivity contribution in [2.45, 2.75) is 53.8 Å². The highest BCUT2D eigenvalue weighted by molar-refractivity contribution is 7.14. The number of rotatable bonds is 10. The van der Waals surface area contributed by atoms with Gasteiger partial charge in [0.05, 0.1) is 32.3 Å². The summed E-state index contributed by atoms with van der Waals surface area (Å²) in [5.74, 6) is 0. The lowest BCUT2D eigenvalue weighted by molar-refractivity contribution is -0.921. The van der Waals surface area contributed by atoms with Gasteiger partial charge in [-0.05, 0) is 43.9 Å². The molecule has 6 aromatic carbocycles.